The van der Waals surface area contributed by atoms with Gasteiger partial charge in [0.25, 0.3) is 0 Å². The number of hydrogen-bond donors (Lipinski definition) is 1. The minimum Gasteiger partial charge on any atom is -0.414 e. The Kier molecular flexibility index (Phi) is 1.64. The summed E-state index contributed by atoms with van der Waals surface area (Å²) in [6.07, 6.45) is 0. The first-order chi connectivity index (χ1) is 5.27. The highest BCUT2D eigenvalue weighted by Gasteiger charge is 2.24. The van der Waals surface area contributed by atoms with E-state index in [0.717, 1.165) is 16.0 Å². The molecule has 2 nitrogen and oxygen atoms in total. The van der Waals surface area contributed by atoms with Gasteiger partial charge in [0.1, 0.15) is 0 Å². The second-order valence-electron chi connectivity index (χ2n) is 2.57. The fourth-order valence-corrected chi connectivity index (χ4v) is 1.44. The molecular weight excluding hydrogens is 160 g/mol. The van der Waals surface area contributed by atoms with Gasteiger partial charge in [-0.25, -0.2) is 0 Å². The van der Waals surface area contributed by atoms with Crippen molar-refractivity contribution in [3.63, 3.8) is 0 Å². The molecule has 1 aromatic rings. The van der Waals surface area contributed by atoms with E-state index in [0.29, 0.717) is 6.61 Å². The minimum absolute atomic E-state index is 0.262. The summed E-state index contributed by atoms with van der Waals surface area (Å²) >= 11 is 5.77. The van der Waals surface area contributed by atoms with E-state index in [1.807, 2.05) is 18.2 Å². The quantitative estimate of drug-likeness (QED) is 0.572. The predicted molar refractivity (Wildman–Crippen MR) is 45.8 cm³/mol. The van der Waals surface area contributed by atoms with Gasteiger partial charge in [0.15, 0.2) is 0 Å². The molecular formula is C7H7BClNO. The molecule has 1 aliphatic rings. The van der Waals surface area contributed by atoms with E-state index >= 15 is 0 Å². The van der Waals surface area contributed by atoms with Crippen LogP contribution >= 0.6 is 11.6 Å². The molecule has 0 fully saturated rings. The molecule has 1 aliphatic heterocycles. The van der Waals surface area contributed by atoms with E-state index in [9.17, 15) is 0 Å². The third-order valence-corrected chi connectivity index (χ3v) is 2.07. The third kappa shape index (κ3) is 1.15. The molecule has 0 aliphatic carbocycles. The average Bonchev–Trinajstić information content (AvgIpc) is 2.32. The minimum atomic E-state index is -0.262. The summed E-state index contributed by atoms with van der Waals surface area (Å²) in [6, 6.07) is 5.63. The van der Waals surface area contributed by atoms with E-state index in [-0.39, 0.29) is 7.05 Å². The summed E-state index contributed by atoms with van der Waals surface area (Å²) in [5, 5.41) is 0.737. The zero-order chi connectivity index (χ0) is 7.84. The smallest absolute Gasteiger partial charge is 0.413 e. The van der Waals surface area contributed by atoms with Crippen molar-refractivity contribution in [3.05, 3.63) is 28.8 Å². The molecule has 0 bridgehead atoms. The lowest BCUT2D eigenvalue weighted by Gasteiger charge is -1.97. The van der Waals surface area contributed by atoms with Crippen molar-refractivity contribution < 1.29 is 4.65 Å². The van der Waals surface area contributed by atoms with Crippen molar-refractivity contribution in [2.45, 2.75) is 6.61 Å². The zero-order valence-electron chi connectivity index (χ0n) is 5.88. The fourth-order valence-electron chi connectivity index (χ4n) is 1.25. The molecule has 0 saturated carbocycles. The summed E-state index contributed by atoms with van der Waals surface area (Å²) in [6.45, 7) is 0.580. The Bertz CT molecular complexity index is 292. The van der Waals surface area contributed by atoms with E-state index < -0.39 is 0 Å². The second-order valence-corrected chi connectivity index (χ2v) is 3.01. The van der Waals surface area contributed by atoms with Crippen molar-refractivity contribution in [2.24, 2.45) is 5.64 Å². The van der Waals surface area contributed by atoms with E-state index in [2.05, 4.69) is 0 Å². The zero-order valence-corrected chi connectivity index (χ0v) is 6.64. The van der Waals surface area contributed by atoms with Crippen molar-refractivity contribution in [1.29, 1.82) is 0 Å². The number of benzene rings is 1. The maximum atomic E-state index is 5.77. The van der Waals surface area contributed by atoms with Crippen molar-refractivity contribution in [2.75, 3.05) is 0 Å². The maximum Gasteiger partial charge on any atom is 0.413 e. The molecule has 1 heterocycles. The van der Waals surface area contributed by atoms with Gasteiger partial charge in [0.2, 0.25) is 0 Å². The third-order valence-electron chi connectivity index (χ3n) is 1.83. The molecule has 4 heteroatoms. The van der Waals surface area contributed by atoms with Gasteiger partial charge in [-0.15, -0.1) is 0 Å². The monoisotopic (exact) mass is 167 g/mol. The Balaban J connectivity index is 2.50. The van der Waals surface area contributed by atoms with Crippen molar-refractivity contribution in [3.8, 4) is 0 Å². The van der Waals surface area contributed by atoms with Crippen LogP contribution in [0.25, 0.3) is 0 Å². The standard InChI is InChI=1S/C7H7BClNO/c9-6-1-2-7-5(3-6)4-11-8(7)10/h1-3H,4,10H2. The maximum absolute atomic E-state index is 5.77. The predicted octanol–water partition coefficient (Wildman–Crippen LogP) is 0.524. The van der Waals surface area contributed by atoms with Gasteiger partial charge >= 0.3 is 7.05 Å². The molecule has 0 saturated heterocycles. The molecule has 0 atom stereocenters. The van der Waals surface area contributed by atoms with E-state index in [4.69, 9.17) is 21.9 Å². The highest BCUT2D eigenvalue weighted by Crippen LogP contribution is 2.14. The molecule has 0 unspecified atom stereocenters. The topological polar surface area (TPSA) is 35.2 Å². The molecule has 0 amide bonds. The normalized spacial score (nSPS) is 15.3. The van der Waals surface area contributed by atoms with Crippen LogP contribution in [-0.2, 0) is 11.3 Å². The Morgan fingerprint density at radius 3 is 3.18 bits per heavy atom. The summed E-state index contributed by atoms with van der Waals surface area (Å²) in [7, 11) is -0.262. The first kappa shape index (κ1) is 7.16. The molecule has 11 heavy (non-hydrogen) atoms. The molecule has 0 radical (unpaired) electrons. The summed E-state index contributed by atoms with van der Waals surface area (Å²) in [5.41, 5.74) is 7.78. The second kappa shape index (κ2) is 2.52. The molecule has 0 spiro atoms. The van der Waals surface area contributed by atoms with Crippen molar-refractivity contribution >= 4 is 24.1 Å². The SMILES string of the molecule is NB1OCc2cc(Cl)ccc21. The fraction of sp³-hybridized carbons (Fsp3) is 0.143. The van der Waals surface area contributed by atoms with Gasteiger partial charge in [0.05, 0.1) is 6.61 Å². The first-order valence-electron chi connectivity index (χ1n) is 3.43. The van der Waals surface area contributed by atoms with Gasteiger partial charge in [-0.3, -0.25) is 0 Å². The molecule has 2 rings (SSSR count). The highest BCUT2D eigenvalue weighted by atomic mass is 35.5. The Labute approximate surface area is 70.4 Å². The lowest BCUT2D eigenvalue weighted by atomic mass is 9.76. The van der Waals surface area contributed by atoms with Crippen LogP contribution in [0.5, 0.6) is 0 Å². The van der Waals surface area contributed by atoms with Crippen molar-refractivity contribution in [1.82, 2.24) is 0 Å². The molecule has 2 N–H and O–H groups in total. The van der Waals surface area contributed by atoms with Crippen LogP contribution < -0.4 is 11.1 Å². The largest absolute Gasteiger partial charge is 0.414 e. The number of fused-ring (bicyclic) bond motifs is 1. The Morgan fingerprint density at radius 2 is 2.36 bits per heavy atom. The van der Waals surface area contributed by atoms with Gasteiger partial charge in [-0.05, 0) is 23.2 Å². The summed E-state index contributed by atoms with van der Waals surface area (Å²) in [5.74, 6) is 0. The first-order valence-corrected chi connectivity index (χ1v) is 3.80. The number of halogens is 1. The summed E-state index contributed by atoms with van der Waals surface area (Å²) < 4.78 is 5.20. The highest BCUT2D eigenvalue weighted by molar-refractivity contribution is 6.65. The molecule has 56 valence electrons. The Hall–Kier alpha value is -0.505. The van der Waals surface area contributed by atoms with E-state index in [1.54, 1.807) is 0 Å². The van der Waals surface area contributed by atoms with Crippen LogP contribution in [0.3, 0.4) is 0 Å². The molecule has 0 aromatic heterocycles. The molecule has 1 aromatic carbocycles. The summed E-state index contributed by atoms with van der Waals surface area (Å²) in [4.78, 5) is 0. The van der Waals surface area contributed by atoms with Gasteiger partial charge in [-0.1, -0.05) is 17.7 Å². The van der Waals surface area contributed by atoms with Crippen LogP contribution in [0.4, 0.5) is 0 Å². The van der Waals surface area contributed by atoms with E-state index in [1.165, 1.54) is 0 Å². The lowest BCUT2D eigenvalue weighted by Crippen LogP contribution is -2.38. The van der Waals surface area contributed by atoms with Crippen LogP contribution in [-0.4, -0.2) is 7.05 Å². The van der Waals surface area contributed by atoms with Gasteiger partial charge in [0, 0.05) is 5.02 Å². The van der Waals surface area contributed by atoms with Crippen LogP contribution in [0, 0.1) is 0 Å². The lowest BCUT2D eigenvalue weighted by molar-refractivity contribution is 0.331. The van der Waals surface area contributed by atoms with Crippen LogP contribution in [0.2, 0.25) is 5.02 Å². The Morgan fingerprint density at radius 1 is 1.55 bits per heavy atom. The average molecular weight is 167 g/mol. The van der Waals surface area contributed by atoms with Gasteiger partial charge in [-0.2, -0.15) is 0 Å². The number of rotatable bonds is 0. The van der Waals surface area contributed by atoms with Gasteiger partial charge < -0.3 is 10.3 Å². The van der Waals surface area contributed by atoms with Crippen LogP contribution in [0.15, 0.2) is 18.2 Å². The number of hydrogen-bond acceptors (Lipinski definition) is 2. The van der Waals surface area contributed by atoms with Crippen LogP contribution in [0.1, 0.15) is 5.56 Å². The number of nitrogens with two attached hydrogens (primary N) is 1.